The number of hydrogen-bond donors (Lipinski definition) is 0. The van der Waals surface area contributed by atoms with Crippen LogP contribution >= 0.6 is 27.7 Å². The van der Waals surface area contributed by atoms with E-state index in [0.29, 0.717) is 0 Å². The summed E-state index contributed by atoms with van der Waals surface area (Å²) in [6, 6.07) is 2.14. The van der Waals surface area contributed by atoms with E-state index < -0.39 is 0 Å². The zero-order valence-electron chi connectivity index (χ0n) is 8.72. The van der Waals surface area contributed by atoms with Crippen LogP contribution in [0.15, 0.2) is 21.8 Å². The lowest BCUT2D eigenvalue weighted by molar-refractivity contribution is 0.778. The maximum atomic E-state index is 4.35. The summed E-state index contributed by atoms with van der Waals surface area (Å²) in [6.45, 7) is 4.33. The molecule has 0 saturated carbocycles. The minimum Gasteiger partial charge on any atom is -0.249 e. The number of thioether (sulfide) groups is 1. The van der Waals surface area contributed by atoms with Crippen LogP contribution in [0.1, 0.15) is 31.7 Å². The summed E-state index contributed by atoms with van der Waals surface area (Å²) in [6.07, 6.45) is 5.78. The Hall–Kier alpha value is -0.0200. The molecule has 1 aromatic rings. The molecule has 0 spiro atoms. The zero-order valence-corrected chi connectivity index (χ0v) is 11.1. The number of aryl methyl sites for hydroxylation is 1. The molecule has 0 N–H and O–H groups in total. The molecule has 0 aliphatic carbocycles. The van der Waals surface area contributed by atoms with E-state index in [-0.39, 0.29) is 0 Å². The quantitative estimate of drug-likeness (QED) is 0.581. The van der Waals surface area contributed by atoms with Gasteiger partial charge in [0.25, 0.3) is 0 Å². The number of pyridine rings is 1. The topological polar surface area (TPSA) is 12.9 Å². The third-order valence-electron chi connectivity index (χ3n) is 2.02. The molecule has 0 bridgehead atoms. The van der Waals surface area contributed by atoms with E-state index in [0.717, 1.165) is 9.50 Å². The van der Waals surface area contributed by atoms with Crippen LogP contribution in [0.4, 0.5) is 0 Å². The van der Waals surface area contributed by atoms with Crippen molar-refractivity contribution >= 4 is 27.7 Å². The average molecular weight is 274 g/mol. The van der Waals surface area contributed by atoms with Crippen LogP contribution in [0, 0.1) is 6.92 Å². The molecule has 3 heteroatoms. The van der Waals surface area contributed by atoms with Crippen molar-refractivity contribution in [1.29, 1.82) is 0 Å². The van der Waals surface area contributed by atoms with Gasteiger partial charge in [0.2, 0.25) is 0 Å². The molecule has 0 unspecified atom stereocenters. The van der Waals surface area contributed by atoms with Crippen molar-refractivity contribution in [3.05, 3.63) is 22.3 Å². The fourth-order valence-corrected chi connectivity index (χ4v) is 2.28. The molecular weight excluding hydrogens is 258 g/mol. The third kappa shape index (κ3) is 4.01. The lowest BCUT2D eigenvalue weighted by atomic mass is 10.3. The lowest BCUT2D eigenvalue weighted by Crippen LogP contribution is -1.85. The van der Waals surface area contributed by atoms with Gasteiger partial charge in [-0.05, 0) is 46.7 Å². The van der Waals surface area contributed by atoms with Gasteiger partial charge in [-0.3, -0.25) is 0 Å². The van der Waals surface area contributed by atoms with E-state index in [1.165, 1.54) is 30.6 Å². The first-order valence-electron chi connectivity index (χ1n) is 4.99. The van der Waals surface area contributed by atoms with Crippen molar-refractivity contribution in [1.82, 2.24) is 4.98 Å². The van der Waals surface area contributed by atoms with Gasteiger partial charge in [0.15, 0.2) is 0 Å². The maximum Gasteiger partial charge on any atom is 0.0963 e. The van der Waals surface area contributed by atoms with Crippen molar-refractivity contribution in [3.8, 4) is 0 Å². The number of nitrogens with zero attached hydrogens (tertiary/aromatic N) is 1. The van der Waals surface area contributed by atoms with E-state index in [4.69, 9.17) is 0 Å². The third-order valence-corrected chi connectivity index (χ3v) is 3.86. The molecule has 1 heterocycles. The molecule has 0 radical (unpaired) electrons. The molecule has 78 valence electrons. The SMILES string of the molecule is CCCCCSc1cc(C)c(Br)cn1. The summed E-state index contributed by atoms with van der Waals surface area (Å²) in [5, 5.41) is 1.14. The second-order valence-corrected chi connectivity index (χ2v) is 5.30. The molecule has 0 atom stereocenters. The van der Waals surface area contributed by atoms with Gasteiger partial charge in [-0.1, -0.05) is 19.8 Å². The van der Waals surface area contributed by atoms with E-state index in [1.54, 1.807) is 0 Å². The molecule has 0 aromatic carbocycles. The highest BCUT2D eigenvalue weighted by molar-refractivity contribution is 9.10. The number of hydrogen-bond acceptors (Lipinski definition) is 2. The minimum atomic E-state index is 1.09. The van der Waals surface area contributed by atoms with Crippen molar-refractivity contribution in [2.75, 3.05) is 5.75 Å². The lowest BCUT2D eigenvalue weighted by Gasteiger charge is -2.02. The first-order valence-corrected chi connectivity index (χ1v) is 6.77. The first-order chi connectivity index (χ1) is 6.74. The molecule has 0 aliphatic heterocycles. The van der Waals surface area contributed by atoms with Crippen LogP contribution in [0.25, 0.3) is 0 Å². The van der Waals surface area contributed by atoms with Crippen molar-refractivity contribution in [2.24, 2.45) is 0 Å². The second kappa shape index (κ2) is 6.46. The molecule has 0 amide bonds. The van der Waals surface area contributed by atoms with Gasteiger partial charge in [0.1, 0.15) is 0 Å². The van der Waals surface area contributed by atoms with Gasteiger partial charge in [0, 0.05) is 10.7 Å². The van der Waals surface area contributed by atoms with Crippen LogP contribution in [-0.2, 0) is 0 Å². The summed E-state index contributed by atoms with van der Waals surface area (Å²) in [4.78, 5) is 4.35. The normalized spacial score (nSPS) is 10.5. The second-order valence-electron chi connectivity index (χ2n) is 3.33. The summed E-state index contributed by atoms with van der Waals surface area (Å²) < 4.78 is 1.09. The Morgan fingerprint density at radius 3 is 2.86 bits per heavy atom. The predicted molar refractivity (Wildman–Crippen MR) is 66.9 cm³/mol. The molecule has 0 fully saturated rings. The molecule has 1 rings (SSSR count). The van der Waals surface area contributed by atoms with Crippen LogP contribution in [-0.4, -0.2) is 10.7 Å². The first kappa shape index (κ1) is 12.1. The van der Waals surface area contributed by atoms with Gasteiger partial charge in [0.05, 0.1) is 5.03 Å². The smallest absolute Gasteiger partial charge is 0.0963 e. The minimum absolute atomic E-state index is 1.09. The van der Waals surface area contributed by atoms with Gasteiger partial charge in [-0.25, -0.2) is 4.98 Å². The van der Waals surface area contributed by atoms with Gasteiger partial charge in [-0.2, -0.15) is 0 Å². The van der Waals surface area contributed by atoms with Crippen molar-refractivity contribution in [2.45, 2.75) is 38.1 Å². The highest BCUT2D eigenvalue weighted by Crippen LogP contribution is 2.22. The maximum absolute atomic E-state index is 4.35. The highest BCUT2D eigenvalue weighted by atomic mass is 79.9. The summed E-state index contributed by atoms with van der Waals surface area (Å²) in [5.41, 5.74) is 1.26. The highest BCUT2D eigenvalue weighted by Gasteiger charge is 1.99. The standard InChI is InChI=1S/C11H16BrNS/c1-3-4-5-6-14-11-7-9(2)10(12)8-13-11/h7-8H,3-6H2,1-2H3. The molecule has 14 heavy (non-hydrogen) atoms. The van der Waals surface area contributed by atoms with E-state index in [2.05, 4.69) is 40.8 Å². The monoisotopic (exact) mass is 273 g/mol. The Balaban J connectivity index is 2.39. The molecule has 1 nitrogen and oxygen atoms in total. The fraction of sp³-hybridized carbons (Fsp3) is 0.545. The summed E-state index contributed by atoms with van der Waals surface area (Å²) in [5.74, 6) is 1.18. The Morgan fingerprint density at radius 2 is 2.21 bits per heavy atom. The number of halogens is 1. The average Bonchev–Trinajstić information content (AvgIpc) is 2.18. The number of rotatable bonds is 5. The molecule has 0 saturated heterocycles. The van der Waals surface area contributed by atoms with Crippen LogP contribution in [0.2, 0.25) is 0 Å². The Bertz CT molecular complexity index is 289. The Kier molecular flexibility index (Phi) is 5.56. The largest absolute Gasteiger partial charge is 0.249 e. The predicted octanol–water partition coefficient (Wildman–Crippen LogP) is 4.43. The summed E-state index contributed by atoms with van der Waals surface area (Å²) >= 11 is 5.30. The van der Waals surface area contributed by atoms with E-state index in [9.17, 15) is 0 Å². The molecule has 0 aliphatic rings. The Morgan fingerprint density at radius 1 is 1.43 bits per heavy atom. The number of unbranched alkanes of at least 4 members (excludes halogenated alkanes) is 2. The molecular formula is C11H16BrNS. The fourth-order valence-electron chi connectivity index (χ4n) is 1.12. The van der Waals surface area contributed by atoms with Crippen molar-refractivity contribution in [3.63, 3.8) is 0 Å². The number of aromatic nitrogens is 1. The zero-order chi connectivity index (χ0) is 10.4. The van der Waals surface area contributed by atoms with Crippen LogP contribution in [0.3, 0.4) is 0 Å². The van der Waals surface area contributed by atoms with Crippen LogP contribution < -0.4 is 0 Å². The summed E-state index contributed by atoms with van der Waals surface area (Å²) in [7, 11) is 0. The van der Waals surface area contributed by atoms with E-state index >= 15 is 0 Å². The Labute approximate surface area is 98.8 Å². The molecule has 1 aromatic heterocycles. The van der Waals surface area contributed by atoms with E-state index in [1.807, 2.05) is 18.0 Å². The van der Waals surface area contributed by atoms with Crippen molar-refractivity contribution < 1.29 is 0 Å². The van der Waals surface area contributed by atoms with Crippen LogP contribution in [0.5, 0.6) is 0 Å². The van der Waals surface area contributed by atoms with Gasteiger partial charge in [-0.15, -0.1) is 11.8 Å². The van der Waals surface area contributed by atoms with Gasteiger partial charge >= 0.3 is 0 Å². The van der Waals surface area contributed by atoms with Gasteiger partial charge < -0.3 is 0 Å².